The lowest BCUT2D eigenvalue weighted by molar-refractivity contribution is -0.161. The highest BCUT2D eigenvalue weighted by atomic mass is 16.6. The Balaban J connectivity index is 2.16. The number of carbonyl (C=O) groups is 3. The van der Waals surface area contributed by atoms with Crippen molar-refractivity contribution < 1.29 is 23.9 Å². The lowest BCUT2D eigenvalue weighted by atomic mass is 9.81. The Labute approximate surface area is 136 Å². The Bertz CT molecular complexity index is 491. The second-order valence-electron chi connectivity index (χ2n) is 7.17. The largest absolute Gasteiger partial charge is 0.465 e. The summed E-state index contributed by atoms with van der Waals surface area (Å²) in [5, 5.41) is 0. The van der Waals surface area contributed by atoms with Crippen molar-refractivity contribution >= 4 is 17.8 Å². The van der Waals surface area contributed by atoms with E-state index in [1.54, 1.807) is 11.8 Å². The van der Waals surface area contributed by atoms with Gasteiger partial charge >= 0.3 is 12.1 Å². The number of ether oxygens (including phenoxy) is 2. The number of hydrogen-bond acceptors (Lipinski definition) is 6. The summed E-state index contributed by atoms with van der Waals surface area (Å²) in [7, 11) is 1.89. The average Bonchev–Trinajstić information content (AvgIpc) is 2.38. The number of carbonyl (C=O) groups excluding carboxylic acids is 3. The molecule has 23 heavy (non-hydrogen) atoms. The van der Waals surface area contributed by atoms with Crippen LogP contribution >= 0.6 is 0 Å². The summed E-state index contributed by atoms with van der Waals surface area (Å²) in [5.41, 5.74) is -0.577. The number of esters is 1. The van der Waals surface area contributed by atoms with Crippen molar-refractivity contribution in [3.63, 3.8) is 0 Å². The molecule has 2 heterocycles. The predicted molar refractivity (Wildman–Crippen MR) is 82.9 cm³/mol. The zero-order chi connectivity index (χ0) is 17.4. The van der Waals surface area contributed by atoms with Crippen molar-refractivity contribution in [2.75, 3.05) is 26.7 Å². The van der Waals surface area contributed by atoms with Gasteiger partial charge in [0.15, 0.2) is 0 Å². The van der Waals surface area contributed by atoms with Gasteiger partial charge in [0, 0.05) is 31.6 Å². The molecule has 7 nitrogen and oxygen atoms in total. The minimum atomic E-state index is -0.832. The van der Waals surface area contributed by atoms with Crippen LogP contribution in [0.15, 0.2) is 0 Å². The summed E-state index contributed by atoms with van der Waals surface area (Å²) in [6, 6.07) is -0.444. The zero-order valence-corrected chi connectivity index (χ0v) is 14.5. The van der Waals surface area contributed by atoms with E-state index in [4.69, 9.17) is 9.47 Å². The van der Waals surface area contributed by atoms with E-state index in [2.05, 4.69) is 0 Å². The number of hydrogen-bond donors (Lipinski definition) is 0. The first-order valence-electron chi connectivity index (χ1n) is 8.03. The van der Waals surface area contributed by atoms with Crippen LogP contribution < -0.4 is 0 Å². The molecule has 0 N–H and O–H groups in total. The van der Waals surface area contributed by atoms with E-state index in [-0.39, 0.29) is 37.4 Å². The molecule has 7 heteroatoms. The van der Waals surface area contributed by atoms with E-state index >= 15 is 0 Å². The molecule has 2 saturated heterocycles. The zero-order valence-electron chi connectivity index (χ0n) is 14.5. The Morgan fingerprint density at radius 1 is 1.26 bits per heavy atom. The van der Waals surface area contributed by atoms with Gasteiger partial charge in [0.25, 0.3) is 0 Å². The molecule has 130 valence electrons. The van der Waals surface area contributed by atoms with Crippen molar-refractivity contribution in [2.45, 2.75) is 51.8 Å². The average molecular weight is 326 g/mol. The van der Waals surface area contributed by atoms with Gasteiger partial charge in [-0.2, -0.15) is 0 Å². The van der Waals surface area contributed by atoms with Crippen LogP contribution in [0.3, 0.4) is 0 Å². The third-order valence-corrected chi connectivity index (χ3v) is 4.30. The number of rotatable bonds is 2. The smallest absolute Gasteiger partial charge is 0.410 e. The summed E-state index contributed by atoms with van der Waals surface area (Å²) >= 11 is 0. The van der Waals surface area contributed by atoms with Crippen LogP contribution in [0.2, 0.25) is 0 Å². The summed E-state index contributed by atoms with van der Waals surface area (Å²) in [6.07, 6.45) is -0.159. The number of piperidine rings is 1. The number of Topliss-reactive ketones (excluding diaryl/α,β-unsaturated/α-hetero) is 1. The molecular formula is C16H26N2O5. The monoisotopic (exact) mass is 326 g/mol. The minimum Gasteiger partial charge on any atom is -0.465 e. The van der Waals surface area contributed by atoms with Gasteiger partial charge in [-0.25, -0.2) is 4.79 Å². The van der Waals surface area contributed by atoms with Crippen LogP contribution in [0.25, 0.3) is 0 Å². The fourth-order valence-electron chi connectivity index (χ4n) is 3.20. The van der Waals surface area contributed by atoms with Crippen LogP contribution in [0.1, 0.15) is 34.1 Å². The maximum Gasteiger partial charge on any atom is 0.410 e. The van der Waals surface area contributed by atoms with Crippen LogP contribution in [-0.2, 0) is 19.1 Å². The molecular weight excluding hydrogens is 300 g/mol. The van der Waals surface area contributed by atoms with E-state index in [9.17, 15) is 14.4 Å². The molecule has 0 radical (unpaired) electrons. The number of likely N-dealkylation sites (tertiary alicyclic amines) is 1. The Morgan fingerprint density at radius 3 is 2.48 bits per heavy atom. The van der Waals surface area contributed by atoms with Crippen molar-refractivity contribution in [3.05, 3.63) is 0 Å². The topological polar surface area (TPSA) is 76.2 Å². The number of amides is 1. The van der Waals surface area contributed by atoms with Gasteiger partial charge in [-0.15, -0.1) is 0 Å². The molecule has 2 bridgehead atoms. The fourth-order valence-corrected chi connectivity index (χ4v) is 3.20. The number of fused-ring (bicyclic) bond motifs is 2. The molecule has 0 aromatic heterocycles. The summed E-state index contributed by atoms with van der Waals surface area (Å²) < 4.78 is 10.5. The summed E-state index contributed by atoms with van der Waals surface area (Å²) in [5.74, 6) is -1.43. The Kier molecular flexibility index (Phi) is 4.98. The predicted octanol–water partition coefficient (Wildman–Crippen LogP) is 1.06. The van der Waals surface area contributed by atoms with Crippen molar-refractivity contribution in [2.24, 2.45) is 5.92 Å². The number of ketones is 1. The second-order valence-corrected chi connectivity index (χ2v) is 7.17. The Morgan fingerprint density at radius 2 is 1.91 bits per heavy atom. The highest BCUT2D eigenvalue weighted by Gasteiger charge is 2.50. The van der Waals surface area contributed by atoms with Gasteiger partial charge < -0.3 is 14.4 Å². The molecule has 0 saturated carbocycles. The molecule has 0 aromatic carbocycles. The van der Waals surface area contributed by atoms with E-state index < -0.39 is 23.6 Å². The first-order chi connectivity index (χ1) is 10.6. The quantitative estimate of drug-likeness (QED) is 0.558. The maximum atomic E-state index is 12.3. The number of nitrogens with zero attached hydrogens (tertiary/aromatic N) is 2. The molecule has 2 fully saturated rings. The molecule has 3 unspecified atom stereocenters. The highest BCUT2D eigenvalue weighted by molar-refractivity contribution is 6.01. The second kappa shape index (κ2) is 6.47. The minimum absolute atomic E-state index is 0.0838. The fraction of sp³-hybridized carbons (Fsp3) is 0.812. The van der Waals surface area contributed by atoms with Crippen LogP contribution in [0.5, 0.6) is 0 Å². The third kappa shape index (κ3) is 3.83. The molecule has 1 amide bonds. The van der Waals surface area contributed by atoms with E-state index in [0.29, 0.717) is 6.54 Å². The van der Waals surface area contributed by atoms with E-state index in [1.165, 1.54) is 0 Å². The standard InChI is InChI=1S/C16H26N2O5/c1-6-22-14(20)13-11-9-18(15(21)23-16(2,3)4)8-10(17(11)5)7-12(13)19/h10-11,13H,6-9H2,1-5H3. The molecule has 0 aromatic rings. The van der Waals surface area contributed by atoms with Crippen molar-refractivity contribution in [1.29, 1.82) is 0 Å². The molecule has 0 aliphatic carbocycles. The lowest BCUT2D eigenvalue weighted by Crippen LogP contribution is -2.67. The van der Waals surface area contributed by atoms with Crippen molar-refractivity contribution in [3.8, 4) is 0 Å². The van der Waals surface area contributed by atoms with Crippen LogP contribution in [0.4, 0.5) is 4.79 Å². The number of piperazine rings is 1. The van der Waals surface area contributed by atoms with Crippen molar-refractivity contribution in [1.82, 2.24) is 9.80 Å². The highest BCUT2D eigenvalue weighted by Crippen LogP contribution is 2.31. The molecule has 2 rings (SSSR count). The van der Waals surface area contributed by atoms with Crippen LogP contribution in [-0.4, -0.2) is 72.1 Å². The van der Waals surface area contributed by atoms with E-state index in [0.717, 1.165) is 0 Å². The van der Waals surface area contributed by atoms with Gasteiger partial charge in [0.1, 0.15) is 17.3 Å². The lowest BCUT2D eigenvalue weighted by Gasteiger charge is -2.49. The molecule has 0 spiro atoms. The maximum absolute atomic E-state index is 12.3. The summed E-state index contributed by atoms with van der Waals surface area (Å²) in [6.45, 7) is 8.11. The van der Waals surface area contributed by atoms with Gasteiger partial charge in [0.05, 0.1) is 6.61 Å². The SMILES string of the molecule is CCOC(=O)C1C(=O)CC2CN(C(=O)OC(C)(C)C)CC1N2C. The number of likely N-dealkylation sites (N-methyl/N-ethyl adjacent to an activating group) is 1. The Hall–Kier alpha value is -1.63. The molecule has 2 aliphatic rings. The molecule has 2 aliphatic heterocycles. The normalized spacial score (nSPS) is 28.5. The summed E-state index contributed by atoms with van der Waals surface area (Å²) in [4.78, 5) is 40.4. The molecule has 3 atom stereocenters. The van der Waals surface area contributed by atoms with Gasteiger partial charge in [-0.1, -0.05) is 0 Å². The third-order valence-electron chi connectivity index (χ3n) is 4.30. The van der Waals surface area contributed by atoms with Gasteiger partial charge in [-0.05, 0) is 34.7 Å². The van der Waals surface area contributed by atoms with Gasteiger partial charge in [-0.3, -0.25) is 14.5 Å². The van der Waals surface area contributed by atoms with Crippen LogP contribution in [0, 0.1) is 5.92 Å². The first kappa shape index (κ1) is 17.7. The van der Waals surface area contributed by atoms with Gasteiger partial charge in [0.2, 0.25) is 0 Å². The van der Waals surface area contributed by atoms with E-state index in [1.807, 2.05) is 32.7 Å². The first-order valence-corrected chi connectivity index (χ1v) is 8.03.